The molecule has 0 bridgehead atoms. The topological polar surface area (TPSA) is 48.1 Å². The maximum atomic E-state index is 5.70. The number of hydrogen-bond acceptors (Lipinski definition) is 3. The van der Waals surface area contributed by atoms with E-state index in [0.717, 1.165) is 0 Å². The van der Waals surface area contributed by atoms with E-state index in [-0.39, 0.29) is 0 Å². The van der Waals surface area contributed by atoms with Gasteiger partial charge in [0.1, 0.15) is 5.75 Å². The molecule has 0 saturated heterocycles. The second-order valence-electron chi connectivity index (χ2n) is 2.99. The van der Waals surface area contributed by atoms with Crippen LogP contribution in [0.25, 0.3) is 0 Å². The molecule has 1 aromatic carbocycles. The van der Waals surface area contributed by atoms with Gasteiger partial charge in [-0.25, -0.2) is 4.98 Å². The first-order valence-corrected chi connectivity index (χ1v) is 4.77. The number of ether oxygens (including phenoxy) is 1. The molecule has 2 rings (SSSR count). The Morgan fingerprint density at radius 2 is 2.07 bits per heavy atom. The molecule has 3 nitrogen and oxygen atoms in total. The molecule has 0 fully saturated rings. The second kappa shape index (κ2) is 4.19. The molecule has 15 heavy (non-hydrogen) atoms. The van der Waals surface area contributed by atoms with Gasteiger partial charge in [-0.05, 0) is 18.2 Å². The van der Waals surface area contributed by atoms with Gasteiger partial charge in [-0.3, -0.25) is 0 Å². The Bertz CT molecular complexity index is 456. The van der Waals surface area contributed by atoms with Gasteiger partial charge in [-0.15, -0.1) is 0 Å². The number of pyridine rings is 1. The standard InChI is InChI=1S/C11H9ClN2O/c12-8-4-5-11(14-7-8)15-10-3-1-2-9(13)6-10/h1-7H,13H2. The van der Waals surface area contributed by atoms with Gasteiger partial charge in [0.05, 0.1) is 5.02 Å². The van der Waals surface area contributed by atoms with Gasteiger partial charge in [0.25, 0.3) is 0 Å². The van der Waals surface area contributed by atoms with Gasteiger partial charge in [-0.2, -0.15) is 0 Å². The molecule has 2 aromatic rings. The zero-order valence-electron chi connectivity index (χ0n) is 7.85. The molecular weight excluding hydrogens is 212 g/mol. The first kappa shape index (κ1) is 9.80. The minimum Gasteiger partial charge on any atom is -0.439 e. The SMILES string of the molecule is Nc1cccc(Oc2ccc(Cl)cn2)c1. The molecule has 0 radical (unpaired) electrons. The molecular formula is C11H9ClN2O. The number of nitrogens with two attached hydrogens (primary N) is 1. The summed E-state index contributed by atoms with van der Waals surface area (Å²) in [6.45, 7) is 0. The third-order valence-corrected chi connectivity index (χ3v) is 2.00. The quantitative estimate of drug-likeness (QED) is 0.792. The van der Waals surface area contributed by atoms with E-state index in [1.54, 1.807) is 24.3 Å². The minimum atomic E-state index is 0.491. The van der Waals surface area contributed by atoms with Crippen molar-refractivity contribution in [3.05, 3.63) is 47.6 Å². The van der Waals surface area contributed by atoms with E-state index in [0.29, 0.717) is 22.3 Å². The molecule has 0 aliphatic rings. The van der Waals surface area contributed by atoms with Crippen LogP contribution in [0.15, 0.2) is 42.6 Å². The average molecular weight is 221 g/mol. The summed E-state index contributed by atoms with van der Waals surface area (Å²) in [4.78, 5) is 4.01. The van der Waals surface area contributed by atoms with Crippen molar-refractivity contribution in [1.82, 2.24) is 4.98 Å². The average Bonchev–Trinajstić information content (AvgIpc) is 2.22. The molecule has 1 heterocycles. The molecule has 0 spiro atoms. The molecule has 2 N–H and O–H groups in total. The highest BCUT2D eigenvalue weighted by molar-refractivity contribution is 6.30. The third-order valence-electron chi connectivity index (χ3n) is 1.78. The van der Waals surface area contributed by atoms with Crippen molar-refractivity contribution in [3.63, 3.8) is 0 Å². The number of nitrogens with zero attached hydrogens (tertiary/aromatic N) is 1. The Hall–Kier alpha value is -1.74. The molecule has 4 heteroatoms. The van der Waals surface area contributed by atoms with E-state index in [9.17, 15) is 0 Å². The lowest BCUT2D eigenvalue weighted by atomic mass is 10.3. The minimum absolute atomic E-state index is 0.491. The van der Waals surface area contributed by atoms with Gasteiger partial charge in [0, 0.05) is 24.0 Å². The van der Waals surface area contributed by atoms with Crippen molar-refractivity contribution in [1.29, 1.82) is 0 Å². The van der Waals surface area contributed by atoms with E-state index in [1.165, 1.54) is 6.20 Å². The Labute approximate surface area is 92.5 Å². The maximum absolute atomic E-state index is 5.70. The van der Waals surface area contributed by atoms with Crippen LogP contribution < -0.4 is 10.5 Å². The van der Waals surface area contributed by atoms with Crippen molar-refractivity contribution in [2.24, 2.45) is 0 Å². The fraction of sp³-hybridized carbons (Fsp3) is 0. The third kappa shape index (κ3) is 2.60. The summed E-state index contributed by atoms with van der Waals surface area (Å²) in [7, 11) is 0. The highest BCUT2D eigenvalue weighted by Crippen LogP contribution is 2.21. The smallest absolute Gasteiger partial charge is 0.219 e. The summed E-state index contributed by atoms with van der Waals surface area (Å²) >= 11 is 5.70. The van der Waals surface area contributed by atoms with Gasteiger partial charge < -0.3 is 10.5 Å². The predicted octanol–water partition coefficient (Wildman–Crippen LogP) is 3.11. The number of halogens is 1. The number of benzene rings is 1. The van der Waals surface area contributed by atoms with Gasteiger partial charge in [0.2, 0.25) is 5.88 Å². The number of aromatic nitrogens is 1. The Kier molecular flexibility index (Phi) is 2.74. The normalized spacial score (nSPS) is 9.93. The van der Waals surface area contributed by atoms with Crippen LogP contribution in [-0.2, 0) is 0 Å². The van der Waals surface area contributed by atoms with Crippen molar-refractivity contribution in [3.8, 4) is 11.6 Å². The van der Waals surface area contributed by atoms with E-state index in [1.807, 2.05) is 12.1 Å². The number of anilines is 1. The lowest BCUT2D eigenvalue weighted by Gasteiger charge is -2.04. The fourth-order valence-electron chi connectivity index (χ4n) is 1.12. The van der Waals surface area contributed by atoms with Crippen LogP contribution in [0.1, 0.15) is 0 Å². The summed E-state index contributed by atoms with van der Waals surface area (Å²) in [5.74, 6) is 1.15. The molecule has 0 aliphatic carbocycles. The van der Waals surface area contributed by atoms with Crippen LogP contribution >= 0.6 is 11.6 Å². The van der Waals surface area contributed by atoms with E-state index >= 15 is 0 Å². The number of nitrogen functional groups attached to an aromatic ring is 1. The van der Waals surface area contributed by atoms with E-state index < -0.39 is 0 Å². The summed E-state index contributed by atoms with van der Waals surface area (Å²) in [5.41, 5.74) is 6.27. The molecule has 0 saturated carbocycles. The summed E-state index contributed by atoms with van der Waals surface area (Å²) < 4.78 is 5.46. The monoisotopic (exact) mass is 220 g/mol. The molecule has 0 atom stereocenters. The van der Waals surface area contributed by atoms with Crippen LogP contribution in [0.4, 0.5) is 5.69 Å². The Balaban J connectivity index is 2.18. The predicted molar refractivity (Wildman–Crippen MR) is 60.2 cm³/mol. The zero-order valence-corrected chi connectivity index (χ0v) is 8.61. The Morgan fingerprint density at radius 3 is 2.73 bits per heavy atom. The number of hydrogen-bond donors (Lipinski definition) is 1. The Morgan fingerprint density at radius 1 is 1.20 bits per heavy atom. The van der Waals surface area contributed by atoms with Crippen molar-refractivity contribution in [2.75, 3.05) is 5.73 Å². The lowest BCUT2D eigenvalue weighted by Crippen LogP contribution is -1.89. The molecule has 0 aliphatic heterocycles. The molecule has 0 amide bonds. The van der Waals surface area contributed by atoms with Gasteiger partial charge >= 0.3 is 0 Å². The highest BCUT2D eigenvalue weighted by atomic mass is 35.5. The lowest BCUT2D eigenvalue weighted by molar-refractivity contribution is 0.463. The molecule has 1 aromatic heterocycles. The first-order valence-electron chi connectivity index (χ1n) is 4.39. The zero-order chi connectivity index (χ0) is 10.7. The van der Waals surface area contributed by atoms with Crippen molar-refractivity contribution < 1.29 is 4.74 Å². The summed E-state index contributed by atoms with van der Waals surface area (Å²) in [5, 5.41) is 0.579. The molecule has 0 unspecified atom stereocenters. The van der Waals surface area contributed by atoms with Crippen LogP contribution in [0.3, 0.4) is 0 Å². The van der Waals surface area contributed by atoms with Crippen molar-refractivity contribution >= 4 is 17.3 Å². The van der Waals surface area contributed by atoms with Crippen LogP contribution in [-0.4, -0.2) is 4.98 Å². The largest absolute Gasteiger partial charge is 0.439 e. The van der Waals surface area contributed by atoms with Crippen LogP contribution in [0.2, 0.25) is 5.02 Å². The number of rotatable bonds is 2. The maximum Gasteiger partial charge on any atom is 0.219 e. The van der Waals surface area contributed by atoms with Crippen LogP contribution in [0.5, 0.6) is 11.6 Å². The summed E-state index contributed by atoms with van der Waals surface area (Å²) in [6, 6.07) is 10.6. The highest BCUT2D eigenvalue weighted by Gasteiger charge is 1.98. The van der Waals surface area contributed by atoms with E-state index in [2.05, 4.69) is 4.98 Å². The fourth-order valence-corrected chi connectivity index (χ4v) is 1.23. The van der Waals surface area contributed by atoms with Gasteiger partial charge in [0.15, 0.2) is 0 Å². The second-order valence-corrected chi connectivity index (χ2v) is 3.43. The molecule has 76 valence electrons. The summed E-state index contributed by atoms with van der Waals surface area (Å²) in [6.07, 6.45) is 1.53. The first-order chi connectivity index (χ1) is 7.24. The van der Waals surface area contributed by atoms with Crippen molar-refractivity contribution in [2.45, 2.75) is 0 Å². The van der Waals surface area contributed by atoms with Gasteiger partial charge in [-0.1, -0.05) is 17.7 Å². The van der Waals surface area contributed by atoms with E-state index in [4.69, 9.17) is 22.1 Å². The van der Waals surface area contributed by atoms with Crippen LogP contribution in [0, 0.1) is 0 Å².